The number of nitrogens with two attached hydrogens (primary N) is 4. The molecule has 0 rings (SSSR count). The number of carboxylic acid groups (broad SMARTS) is 3. The van der Waals surface area contributed by atoms with Crippen molar-refractivity contribution in [2.24, 2.45) is 27.9 Å². The first-order chi connectivity index (χ1) is 17.6. The Balaban J connectivity index is 5.67. The Hall–Kier alpha value is -4.48. The van der Waals surface area contributed by atoms with Gasteiger partial charge in [0.15, 0.2) is 5.96 Å². The first-order valence-corrected chi connectivity index (χ1v) is 11.3. The number of nitrogens with one attached hydrogen (secondary N) is 3. The van der Waals surface area contributed by atoms with Crippen molar-refractivity contribution in [3.63, 3.8) is 0 Å². The van der Waals surface area contributed by atoms with Crippen molar-refractivity contribution >= 4 is 47.5 Å². The third kappa shape index (κ3) is 14.8. The molecule has 0 fully saturated rings. The van der Waals surface area contributed by atoms with E-state index in [2.05, 4.69) is 20.9 Å². The van der Waals surface area contributed by atoms with Gasteiger partial charge in [-0.3, -0.25) is 33.8 Å². The van der Waals surface area contributed by atoms with Crippen molar-refractivity contribution in [3.05, 3.63) is 0 Å². The van der Waals surface area contributed by atoms with Crippen molar-refractivity contribution in [1.29, 1.82) is 0 Å². The Morgan fingerprint density at radius 2 is 1.24 bits per heavy atom. The summed E-state index contributed by atoms with van der Waals surface area (Å²) < 4.78 is 0. The number of aliphatic imine (C=N–C) groups is 1. The van der Waals surface area contributed by atoms with Crippen molar-refractivity contribution in [2.45, 2.75) is 69.1 Å². The molecule has 4 unspecified atom stereocenters. The minimum Gasteiger partial charge on any atom is -0.481 e. The molecule has 0 aromatic carbocycles. The van der Waals surface area contributed by atoms with E-state index in [4.69, 9.17) is 33.1 Å². The Morgan fingerprint density at radius 1 is 0.684 bits per heavy atom. The number of nitrogens with zero attached hydrogens (tertiary/aromatic N) is 1. The maximum absolute atomic E-state index is 12.8. The van der Waals surface area contributed by atoms with Gasteiger partial charge >= 0.3 is 17.9 Å². The Bertz CT molecular complexity index is 921. The van der Waals surface area contributed by atoms with Gasteiger partial charge in [0.1, 0.15) is 18.1 Å². The van der Waals surface area contributed by atoms with Gasteiger partial charge in [-0.25, -0.2) is 4.79 Å². The fraction of sp³-hybridized carbons (Fsp3) is 0.600. The van der Waals surface area contributed by atoms with Gasteiger partial charge < -0.3 is 54.2 Å². The van der Waals surface area contributed by atoms with Crippen LogP contribution in [0, 0.1) is 0 Å². The average Bonchev–Trinajstić information content (AvgIpc) is 2.80. The van der Waals surface area contributed by atoms with Crippen LogP contribution < -0.4 is 38.9 Å². The minimum atomic E-state index is -1.70. The summed E-state index contributed by atoms with van der Waals surface area (Å²) in [4.78, 5) is 86.1. The predicted molar refractivity (Wildman–Crippen MR) is 129 cm³/mol. The second-order valence-corrected chi connectivity index (χ2v) is 8.11. The largest absolute Gasteiger partial charge is 0.481 e. The summed E-state index contributed by atoms with van der Waals surface area (Å²) in [6, 6.07) is -6.04. The Morgan fingerprint density at radius 3 is 1.74 bits per heavy atom. The highest BCUT2D eigenvalue weighted by Crippen LogP contribution is 2.05. The topological polar surface area (TPSA) is 333 Å². The fourth-order valence-electron chi connectivity index (χ4n) is 2.93. The van der Waals surface area contributed by atoms with Crippen molar-refractivity contribution in [1.82, 2.24) is 16.0 Å². The van der Waals surface area contributed by atoms with Gasteiger partial charge in [0.05, 0.1) is 12.5 Å². The number of amides is 4. The molecule has 0 spiro atoms. The minimum absolute atomic E-state index is 0.0212. The molecule has 14 N–H and O–H groups in total. The molecule has 0 saturated heterocycles. The molecule has 0 bridgehead atoms. The molecule has 0 heterocycles. The molecule has 38 heavy (non-hydrogen) atoms. The van der Waals surface area contributed by atoms with Crippen molar-refractivity contribution in [2.75, 3.05) is 6.54 Å². The number of hydrogen-bond acceptors (Lipinski definition) is 9. The van der Waals surface area contributed by atoms with E-state index in [1.165, 1.54) is 0 Å². The third-order valence-corrected chi connectivity index (χ3v) is 4.89. The zero-order valence-corrected chi connectivity index (χ0v) is 20.4. The quantitative estimate of drug-likeness (QED) is 0.0415. The van der Waals surface area contributed by atoms with E-state index in [1.807, 2.05) is 0 Å². The van der Waals surface area contributed by atoms with Crippen LogP contribution in [0.25, 0.3) is 0 Å². The van der Waals surface area contributed by atoms with E-state index < -0.39 is 85.0 Å². The van der Waals surface area contributed by atoms with Crippen LogP contribution in [0.1, 0.15) is 44.9 Å². The van der Waals surface area contributed by atoms with Gasteiger partial charge in [-0.2, -0.15) is 0 Å². The lowest BCUT2D eigenvalue weighted by Gasteiger charge is -2.24. The number of primary amides is 1. The van der Waals surface area contributed by atoms with Crippen LogP contribution >= 0.6 is 0 Å². The van der Waals surface area contributed by atoms with E-state index in [0.717, 1.165) is 0 Å². The second-order valence-electron chi connectivity index (χ2n) is 8.11. The van der Waals surface area contributed by atoms with Gasteiger partial charge in [0.2, 0.25) is 23.6 Å². The van der Waals surface area contributed by atoms with Crippen LogP contribution in [0.4, 0.5) is 0 Å². The number of aliphatic carboxylic acids is 3. The van der Waals surface area contributed by atoms with E-state index in [1.54, 1.807) is 0 Å². The lowest BCUT2D eigenvalue weighted by molar-refractivity contribution is -0.144. The van der Waals surface area contributed by atoms with Crippen LogP contribution in [-0.4, -0.2) is 93.5 Å². The van der Waals surface area contributed by atoms with Gasteiger partial charge in [-0.15, -0.1) is 0 Å². The van der Waals surface area contributed by atoms with Crippen LogP contribution in [0.15, 0.2) is 4.99 Å². The summed E-state index contributed by atoms with van der Waals surface area (Å²) in [6.45, 7) is 0.0212. The molecule has 214 valence electrons. The molecule has 0 aliphatic rings. The first kappa shape index (κ1) is 33.5. The number of carbonyl (C=O) groups excluding carboxylic acids is 4. The predicted octanol–water partition coefficient (Wildman–Crippen LogP) is -4.49. The van der Waals surface area contributed by atoms with Gasteiger partial charge in [-0.05, 0) is 25.7 Å². The molecule has 0 aliphatic heterocycles. The maximum atomic E-state index is 12.8. The molecule has 0 aromatic heterocycles. The lowest BCUT2D eigenvalue weighted by atomic mass is 10.1. The number of guanidine groups is 1. The molecule has 0 aliphatic carbocycles. The number of carboxylic acids is 3. The zero-order valence-electron chi connectivity index (χ0n) is 20.4. The Labute approximate surface area is 216 Å². The van der Waals surface area contributed by atoms with Crippen LogP contribution in [-0.2, 0) is 33.6 Å². The van der Waals surface area contributed by atoms with Gasteiger partial charge in [0, 0.05) is 19.4 Å². The highest BCUT2D eigenvalue weighted by molar-refractivity contribution is 5.95. The lowest BCUT2D eigenvalue weighted by Crippen LogP contribution is -2.57. The summed E-state index contributed by atoms with van der Waals surface area (Å²) in [7, 11) is 0. The van der Waals surface area contributed by atoms with E-state index in [0.29, 0.717) is 0 Å². The molecular weight excluding hydrogens is 512 g/mol. The summed E-state index contributed by atoms with van der Waals surface area (Å²) in [5.74, 6) is -8.36. The molecule has 0 saturated carbocycles. The summed E-state index contributed by atoms with van der Waals surface area (Å²) in [5.41, 5.74) is 21.1. The normalized spacial score (nSPS) is 13.6. The van der Waals surface area contributed by atoms with Gasteiger partial charge in [-0.1, -0.05) is 0 Å². The van der Waals surface area contributed by atoms with Crippen LogP contribution in [0.5, 0.6) is 0 Å². The van der Waals surface area contributed by atoms with Gasteiger partial charge in [0.25, 0.3) is 0 Å². The molecule has 4 amide bonds. The summed E-state index contributed by atoms with van der Waals surface area (Å²) >= 11 is 0. The summed E-state index contributed by atoms with van der Waals surface area (Å²) in [5, 5.41) is 33.8. The molecule has 0 aromatic rings. The number of carbonyl (C=O) groups is 7. The fourth-order valence-corrected chi connectivity index (χ4v) is 2.93. The monoisotopic (exact) mass is 546 g/mol. The summed E-state index contributed by atoms with van der Waals surface area (Å²) in [6.07, 6.45) is -2.38. The van der Waals surface area contributed by atoms with E-state index in [-0.39, 0.29) is 38.2 Å². The van der Waals surface area contributed by atoms with Crippen LogP contribution in [0.3, 0.4) is 0 Å². The third-order valence-electron chi connectivity index (χ3n) is 4.89. The maximum Gasteiger partial charge on any atom is 0.326 e. The van der Waals surface area contributed by atoms with E-state index >= 15 is 0 Å². The molecule has 0 radical (unpaired) electrons. The molecule has 4 atom stereocenters. The first-order valence-electron chi connectivity index (χ1n) is 11.3. The highest BCUT2D eigenvalue weighted by atomic mass is 16.4. The zero-order chi connectivity index (χ0) is 29.4. The van der Waals surface area contributed by atoms with Crippen molar-refractivity contribution < 1.29 is 48.9 Å². The smallest absolute Gasteiger partial charge is 0.326 e. The number of hydrogen-bond donors (Lipinski definition) is 10. The average molecular weight is 547 g/mol. The molecular formula is C20H34N8O10. The molecule has 18 nitrogen and oxygen atoms in total. The van der Waals surface area contributed by atoms with Crippen molar-refractivity contribution in [3.8, 4) is 0 Å². The standard InChI is InChI=1S/C20H34N8O10/c21-9(3-5-13(22)29)16(34)28-12(8-15(32)33)18(36)26-10(2-1-7-25-20(23)24)17(35)27-11(19(37)38)4-6-14(30)31/h9-12H,1-8,21H2,(H2,22,29)(H,26,36)(H,27,35)(H,28,34)(H,30,31)(H,32,33)(H,37,38)(H4,23,24,25). The highest BCUT2D eigenvalue weighted by Gasteiger charge is 2.31. The molecule has 18 heteroatoms. The SMILES string of the molecule is NC(=O)CCC(N)C(=O)NC(CC(=O)O)C(=O)NC(CCCN=C(N)N)C(=O)NC(CCC(=O)O)C(=O)O. The number of rotatable bonds is 19. The van der Waals surface area contributed by atoms with Crippen LogP contribution in [0.2, 0.25) is 0 Å². The second kappa shape index (κ2) is 17.1. The van der Waals surface area contributed by atoms with E-state index in [9.17, 15) is 38.7 Å². The Kier molecular flexibility index (Phi) is 15.0.